The van der Waals surface area contributed by atoms with Gasteiger partial charge in [0.2, 0.25) is 0 Å². The molecule has 0 amide bonds. The third kappa shape index (κ3) is 4.55. The Labute approximate surface area is 287 Å². The van der Waals surface area contributed by atoms with Crippen molar-refractivity contribution in [2.75, 3.05) is 4.90 Å². The number of hydrogen-bond donors (Lipinski definition) is 0. The third-order valence-corrected chi connectivity index (χ3v) is 10.8. The Hall–Kier alpha value is -6.16. The number of hydrogen-bond acceptors (Lipinski definition) is 3. The van der Waals surface area contributed by atoms with Gasteiger partial charge in [0.25, 0.3) is 0 Å². The van der Waals surface area contributed by atoms with Crippen molar-refractivity contribution in [1.82, 2.24) is 0 Å². The van der Waals surface area contributed by atoms with Crippen LogP contribution in [0, 0.1) is 0 Å². The maximum absolute atomic E-state index is 6.70. The normalized spacial score (nSPS) is 11.7. The lowest BCUT2D eigenvalue weighted by atomic mass is 9.97. The highest BCUT2D eigenvalue weighted by molar-refractivity contribution is 7.25. The van der Waals surface area contributed by atoms with E-state index in [0.29, 0.717) is 0 Å². The number of rotatable bonds is 5. The van der Waals surface area contributed by atoms with Gasteiger partial charge in [0, 0.05) is 42.5 Å². The molecule has 8 aromatic carbocycles. The lowest BCUT2D eigenvalue weighted by Gasteiger charge is -2.27. The van der Waals surface area contributed by atoms with Crippen LogP contribution in [0.4, 0.5) is 17.1 Å². The SMILES string of the molecule is c1ccc(-c2ccc(N(c3ccc(-c4cccc5ccccc45)cc3)c3ccc4c(c3)sc3ccccc34)c3c2oc2ccccc23)cc1. The first-order chi connectivity index (χ1) is 24.3. The lowest BCUT2D eigenvalue weighted by Crippen LogP contribution is -2.10. The van der Waals surface area contributed by atoms with E-state index in [0.717, 1.165) is 50.1 Å². The van der Waals surface area contributed by atoms with E-state index in [2.05, 4.69) is 175 Å². The highest BCUT2D eigenvalue weighted by Crippen LogP contribution is 2.47. The summed E-state index contributed by atoms with van der Waals surface area (Å²) in [5, 5.41) is 7.30. The molecule has 0 N–H and O–H groups in total. The molecule has 10 aromatic rings. The Morgan fingerprint density at radius 3 is 1.98 bits per heavy atom. The number of para-hydroxylation sites is 1. The van der Waals surface area contributed by atoms with Crippen molar-refractivity contribution in [2.24, 2.45) is 0 Å². The predicted molar refractivity (Wildman–Crippen MR) is 210 cm³/mol. The Balaban J connectivity index is 1.22. The fourth-order valence-corrected chi connectivity index (χ4v) is 8.53. The van der Waals surface area contributed by atoms with Crippen LogP contribution in [-0.2, 0) is 0 Å². The molecule has 10 rings (SSSR count). The molecule has 0 aliphatic heterocycles. The summed E-state index contributed by atoms with van der Waals surface area (Å²) in [6, 6.07) is 63.2. The van der Waals surface area contributed by atoms with Crippen molar-refractivity contribution in [3.8, 4) is 22.3 Å². The Bertz CT molecular complexity index is 2820. The van der Waals surface area contributed by atoms with Gasteiger partial charge in [-0.2, -0.15) is 0 Å². The zero-order valence-corrected chi connectivity index (χ0v) is 27.3. The second-order valence-corrected chi connectivity index (χ2v) is 13.6. The highest BCUT2D eigenvalue weighted by atomic mass is 32.1. The van der Waals surface area contributed by atoms with E-state index >= 15 is 0 Å². The summed E-state index contributed by atoms with van der Waals surface area (Å²) in [4.78, 5) is 2.40. The van der Waals surface area contributed by atoms with Gasteiger partial charge in [-0.3, -0.25) is 0 Å². The molecule has 2 heterocycles. The summed E-state index contributed by atoms with van der Waals surface area (Å²) in [5.74, 6) is 0. The molecule has 0 radical (unpaired) electrons. The van der Waals surface area contributed by atoms with Crippen molar-refractivity contribution >= 4 is 81.3 Å². The van der Waals surface area contributed by atoms with Gasteiger partial charge in [0.15, 0.2) is 0 Å². The minimum atomic E-state index is 0.883. The van der Waals surface area contributed by atoms with Crippen molar-refractivity contribution in [1.29, 1.82) is 0 Å². The predicted octanol–water partition coefficient (Wildman–Crippen LogP) is 13.9. The standard InChI is InChI=1S/C46H29NOS/c1-2-11-31(12-3-1)37-27-28-41(45-40-17-6-8-19-42(40)48-46(37)45)47(34-25-26-39-38-16-7-9-20-43(38)49-44(39)29-34)33-23-21-32(22-24-33)36-18-10-14-30-13-4-5-15-35(30)36/h1-29H. The molecule has 0 unspecified atom stereocenters. The third-order valence-electron chi connectivity index (χ3n) is 9.68. The van der Waals surface area contributed by atoms with Crippen molar-refractivity contribution in [3.05, 3.63) is 176 Å². The summed E-state index contributed by atoms with van der Waals surface area (Å²) in [6.07, 6.45) is 0. The van der Waals surface area contributed by atoms with Crippen LogP contribution in [0.25, 0.3) is 75.1 Å². The number of benzene rings is 8. The van der Waals surface area contributed by atoms with E-state index in [1.165, 1.54) is 42.1 Å². The molecule has 0 fully saturated rings. The average molecular weight is 644 g/mol. The zero-order valence-electron chi connectivity index (χ0n) is 26.5. The van der Waals surface area contributed by atoms with Crippen molar-refractivity contribution < 1.29 is 4.42 Å². The van der Waals surface area contributed by atoms with Gasteiger partial charge < -0.3 is 9.32 Å². The molecule has 0 atom stereocenters. The zero-order chi connectivity index (χ0) is 32.3. The van der Waals surface area contributed by atoms with Crippen LogP contribution in [0.1, 0.15) is 0 Å². The smallest absolute Gasteiger partial charge is 0.145 e. The molecule has 3 heteroatoms. The number of fused-ring (bicyclic) bond motifs is 7. The van der Waals surface area contributed by atoms with E-state index in [1.54, 1.807) is 0 Å². The van der Waals surface area contributed by atoms with Crippen LogP contribution in [0.15, 0.2) is 180 Å². The maximum atomic E-state index is 6.70. The van der Waals surface area contributed by atoms with Crippen LogP contribution in [-0.4, -0.2) is 0 Å². The van der Waals surface area contributed by atoms with Crippen LogP contribution >= 0.6 is 11.3 Å². The molecule has 2 nitrogen and oxygen atoms in total. The van der Waals surface area contributed by atoms with E-state index in [9.17, 15) is 0 Å². The summed E-state index contributed by atoms with van der Waals surface area (Å²) in [7, 11) is 0. The monoisotopic (exact) mass is 643 g/mol. The molecular formula is C46H29NOS. The van der Waals surface area contributed by atoms with Gasteiger partial charge in [0.1, 0.15) is 11.2 Å². The van der Waals surface area contributed by atoms with Crippen molar-refractivity contribution in [3.63, 3.8) is 0 Å². The molecule has 0 aliphatic carbocycles. The fourth-order valence-electron chi connectivity index (χ4n) is 7.39. The largest absolute Gasteiger partial charge is 0.455 e. The topological polar surface area (TPSA) is 16.4 Å². The van der Waals surface area contributed by atoms with Crippen LogP contribution in [0.3, 0.4) is 0 Å². The Kier molecular flexibility index (Phi) is 6.39. The van der Waals surface area contributed by atoms with Crippen LogP contribution in [0.5, 0.6) is 0 Å². The minimum Gasteiger partial charge on any atom is -0.455 e. The van der Waals surface area contributed by atoms with Gasteiger partial charge in [-0.1, -0.05) is 127 Å². The van der Waals surface area contributed by atoms with E-state index in [1.807, 2.05) is 17.4 Å². The fraction of sp³-hybridized carbons (Fsp3) is 0. The molecule has 49 heavy (non-hydrogen) atoms. The Morgan fingerprint density at radius 1 is 0.429 bits per heavy atom. The lowest BCUT2D eigenvalue weighted by molar-refractivity contribution is 0.670. The molecular weight excluding hydrogens is 615 g/mol. The highest BCUT2D eigenvalue weighted by Gasteiger charge is 2.23. The summed E-state index contributed by atoms with van der Waals surface area (Å²) >= 11 is 1.85. The van der Waals surface area contributed by atoms with Gasteiger partial charge in [-0.15, -0.1) is 11.3 Å². The molecule has 0 saturated heterocycles. The van der Waals surface area contributed by atoms with E-state index in [4.69, 9.17) is 4.42 Å². The van der Waals surface area contributed by atoms with Gasteiger partial charge in [-0.25, -0.2) is 0 Å². The molecule has 0 saturated carbocycles. The first kappa shape index (κ1) is 27.9. The van der Waals surface area contributed by atoms with Crippen LogP contribution in [0.2, 0.25) is 0 Å². The molecule has 0 aliphatic rings. The number of thiophene rings is 1. The number of anilines is 3. The van der Waals surface area contributed by atoms with E-state index in [-0.39, 0.29) is 0 Å². The first-order valence-electron chi connectivity index (χ1n) is 16.6. The summed E-state index contributed by atoms with van der Waals surface area (Å²) in [5.41, 5.74) is 9.70. The quantitative estimate of drug-likeness (QED) is 0.186. The summed E-state index contributed by atoms with van der Waals surface area (Å²) < 4.78 is 9.27. The Morgan fingerprint density at radius 2 is 1.10 bits per heavy atom. The number of nitrogens with zero attached hydrogens (tertiary/aromatic N) is 1. The second kappa shape index (κ2) is 11.2. The second-order valence-electron chi connectivity index (χ2n) is 12.5. The average Bonchev–Trinajstić information content (AvgIpc) is 3.74. The van der Waals surface area contributed by atoms with Gasteiger partial charge in [-0.05, 0) is 76.0 Å². The first-order valence-corrected chi connectivity index (χ1v) is 17.4. The summed E-state index contributed by atoms with van der Waals surface area (Å²) in [6.45, 7) is 0. The molecule has 2 aromatic heterocycles. The molecule has 0 spiro atoms. The van der Waals surface area contributed by atoms with E-state index < -0.39 is 0 Å². The van der Waals surface area contributed by atoms with Gasteiger partial charge >= 0.3 is 0 Å². The number of furan rings is 1. The molecule has 0 bridgehead atoms. The minimum absolute atomic E-state index is 0.883. The molecule has 230 valence electrons. The van der Waals surface area contributed by atoms with Gasteiger partial charge in [0.05, 0.1) is 11.1 Å². The van der Waals surface area contributed by atoms with Crippen molar-refractivity contribution in [2.45, 2.75) is 0 Å². The van der Waals surface area contributed by atoms with Crippen LogP contribution < -0.4 is 4.90 Å². The maximum Gasteiger partial charge on any atom is 0.145 e.